The Kier molecular flexibility index (Phi) is 4.13. The first-order valence-electron chi connectivity index (χ1n) is 5.85. The average Bonchev–Trinajstić information content (AvgIpc) is 2.90. The molecule has 1 fully saturated rings. The molecule has 0 aliphatic carbocycles. The summed E-state index contributed by atoms with van der Waals surface area (Å²) in [5.74, 6) is 0. The molecule has 0 saturated carbocycles. The topological polar surface area (TPSA) is 98.5 Å². The van der Waals surface area contributed by atoms with Crippen molar-refractivity contribution in [2.24, 2.45) is 0 Å². The van der Waals surface area contributed by atoms with Gasteiger partial charge >= 0.3 is 0 Å². The fourth-order valence-corrected chi connectivity index (χ4v) is 2.90. The van der Waals surface area contributed by atoms with E-state index in [1.807, 2.05) is 0 Å². The molecular formula is C11H14N2O5S. The molecule has 104 valence electrons. The van der Waals surface area contributed by atoms with Gasteiger partial charge in [0.05, 0.1) is 15.9 Å². The van der Waals surface area contributed by atoms with E-state index in [4.69, 9.17) is 4.74 Å². The highest BCUT2D eigenvalue weighted by Gasteiger charge is 2.20. The predicted octanol–water partition coefficient (Wildman–Crippen LogP) is 1.05. The first-order chi connectivity index (χ1) is 8.99. The van der Waals surface area contributed by atoms with Crippen LogP contribution >= 0.6 is 0 Å². The first-order valence-corrected chi connectivity index (χ1v) is 7.33. The van der Waals surface area contributed by atoms with Crippen LogP contribution in [-0.4, -0.2) is 32.6 Å². The van der Waals surface area contributed by atoms with Crippen LogP contribution in [0.4, 0.5) is 5.69 Å². The van der Waals surface area contributed by atoms with Crippen LogP contribution in [0.1, 0.15) is 12.8 Å². The Balaban J connectivity index is 2.03. The first kappa shape index (κ1) is 13.9. The van der Waals surface area contributed by atoms with E-state index in [2.05, 4.69) is 4.72 Å². The summed E-state index contributed by atoms with van der Waals surface area (Å²) in [6.45, 7) is 0.878. The van der Waals surface area contributed by atoms with Gasteiger partial charge in [-0.15, -0.1) is 0 Å². The Bertz CT molecular complexity index is 549. The average molecular weight is 286 g/mol. The summed E-state index contributed by atoms with van der Waals surface area (Å²) in [6.07, 6.45) is 1.68. The minimum Gasteiger partial charge on any atom is -0.377 e. The predicted molar refractivity (Wildman–Crippen MR) is 67.3 cm³/mol. The largest absolute Gasteiger partial charge is 0.377 e. The van der Waals surface area contributed by atoms with E-state index in [0.29, 0.717) is 6.61 Å². The molecule has 7 nitrogen and oxygen atoms in total. The molecule has 0 unspecified atom stereocenters. The van der Waals surface area contributed by atoms with Crippen molar-refractivity contribution in [3.05, 3.63) is 34.4 Å². The Morgan fingerprint density at radius 3 is 2.58 bits per heavy atom. The third-order valence-corrected chi connectivity index (χ3v) is 4.32. The lowest BCUT2D eigenvalue weighted by molar-refractivity contribution is -0.384. The van der Waals surface area contributed by atoms with Crippen molar-refractivity contribution in [3.8, 4) is 0 Å². The SMILES string of the molecule is O=[N+]([O-])c1ccc(S(=O)(=O)NC[C@@H]2CCCO2)cc1. The summed E-state index contributed by atoms with van der Waals surface area (Å²) in [5.41, 5.74) is -0.141. The molecule has 0 spiro atoms. The van der Waals surface area contributed by atoms with Gasteiger partial charge in [0, 0.05) is 25.3 Å². The van der Waals surface area contributed by atoms with E-state index in [-0.39, 0.29) is 23.2 Å². The van der Waals surface area contributed by atoms with E-state index in [1.54, 1.807) is 0 Å². The molecule has 1 saturated heterocycles. The third-order valence-electron chi connectivity index (χ3n) is 2.88. The van der Waals surface area contributed by atoms with Crippen LogP contribution in [0.3, 0.4) is 0 Å². The molecule has 8 heteroatoms. The molecular weight excluding hydrogens is 272 g/mol. The molecule has 1 aliphatic rings. The number of sulfonamides is 1. The second-order valence-electron chi connectivity index (χ2n) is 4.24. The molecule has 1 heterocycles. The number of nitrogens with zero attached hydrogens (tertiary/aromatic N) is 1. The van der Waals surface area contributed by atoms with Crippen LogP contribution in [-0.2, 0) is 14.8 Å². The highest BCUT2D eigenvalue weighted by molar-refractivity contribution is 7.89. The number of non-ortho nitro benzene ring substituents is 1. The number of rotatable bonds is 5. The summed E-state index contributed by atoms with van der Waals surface area (Å²) in [7, 11) is -3.64. The highest BCUT2D eigenvalue weighted by Crippen LogP contribution is 2.16. The summed E-state index contributed by atoms with van der Waals surface area (Å²) >= 11 is 0. The Morgan fingerprint density at radius 1 is 1.37 bits per heavy atom. The molecule has 0 aromatic heterocycles. The number of nitrogens with one attached hydrogen (secondary N) is 1. The van der Waals surface area contributed by atoms with E-state index < -0.39 is 14.9 Å². The fourth-order valence-electron chi connectivity index (χ4n) is 1.84. The number of benzene rings is 1. The van der Waals surface area contributed by atoms with Gasteiger partial charge in [-0.05, 0) is 25.0 Å². The van der Waals surface area contributed by atoms with Gasteiger partial charge in [-0.2, -0.15) is 0 Å². The number of nitro benzene ring substituents is 1. The van der Waals surface area contributed by atoms with E-state index in [0.717, 1.165) is 12.8 Å². The number of hydrogen-bond acceptors (Lipinski definition) is 5. The molecule has 1 atom stereocenters. The second kappa shape index (κ2) is 5.64. The number of hydrogen-bond donors (Lipinski definition) is 1. The van der Waals surface area contributed by atoms with Crippen LogP contribution < -0.4 is 4.72 Å². The quantitative estimate of drug-likeness (QED) is 0.644. The lowest BCUT2D eigenvalue weighted by Crippen LogP contribution is -2.31. The lowest BCUT2D eigenvalue weighted by Gasteiger charge is -2.11. The van der Waals surface area contributed by atoms with Gasteiger partial charge < -0.3 is 4.74 Å². The van der Waals surface area contributed by atoms with Crippen molar-refractivity contribution in [1.82, 2.24) is 4.72 Å². The van der Waals surface area contributed by atoms with Crippen molar-refractivity contribution in [2.75, 3.05) is 13.2 Å². The lowest BCUT2D eigenvalue weighted by atomic mass is 10.2. The molecule has 1 aromatic carbocycles. The third kappa shape index (κ3) is 3.49. The van der Waals surface area contributed by atoms with Gasteiger partial charge in [0.1, 0.15) is 0 Å². The summed E-state index contributed by atoms with van der Waals surface area (Å²) < 4.78 is 31.6. The van der Waals surface area contributed by atoms with Gasteiger partial charge in [-0.25, -0.2) is 13.1 Å². The molecule has 0 amide bonds. The van der Waals surface area contributed by atoms with Crippen LogP contribution in [0.5, 0.6) is 0 Å². The van der Waals surface area contributed by atoms with Crippen molar-refractivity contribution in [3.63, 3.8) is 0 Å². The van der Waals surface area contributed by atoms with Crippen molar-refractivity contribution >= 4 is 15.7 Å². The van der Waals surface area contributed by atoms with Crippen LogP contribution in [0, 0.1) is 10.1 Å². The molecule has 19 heavy (non-hydrogen) atoms. The van der Waals surface area contributed by atoms with Crippen LogP contribution in [0.15, 0.2) is 29.2 Å². The summed E-state index contributed by atoms with van der Waals surface area (Å²) in [6, 6.07) is 4.77. The van der Waals surface area contributed by atoms with Crippen molar-refractivity contribution < 1.29 is 18.1 Å². The molecule has 2 rings (SSSR count). The van der Waals surface area contributed by atoms with Crippen LogP contribution in [0.2, 0.25) is 0 Å². The zero-order valence-electron chi connectivity index (χ0n) is 10.1. The Hall–Kier alpha value is -1.51. The minimum atomic E-state index is -3.64. The zero-order chi connectivity index (χ0) is 13.9. The van der Waals surface area contributed by atoms with Gasteiger partial charge in [0.25, 0.3) is 5.69 Å². The number of ether oxygens (including phenoxy) is 1. The molecule has 1 aromatic rings. The van der Waals surface area contributed by atoms with E-state index in [9.17, 15) is 18.5 Å². The summed E-state index contributed by atoms with van der Waals surface area (Å²) in [4.78, 5) is 9.92. The molecule has 0 bridgehead atoms. The molecule has 0 radical (unpaired) electrons. The number of nitro groups is 1. The highest BCUT2D eigenvalue weighted by atomic mass is 32.2. The fraction of sp³-hybridized carbons (Fsp3) is 0.455. The Labute approximate surface area is 110 Å². The van der Waals surface area contributed by atoms with Gasteiger partial charge in [-0.3, -0.25) is 10.1 Å². The zero-order valence-corrected chi connectivity index (χ0v) is 10.9. The molecule has 1 aliphatic heterocycles. The van der Waals surface area contributed by atoms with E-state index >= 15 is 0 Å². The van der Waals surface area contributed by atoms with Gasteiger partial charge in [0.2, 0.25) is 10.0 Å². The maximum Gasteiger partial charge on any atom is 0.269 e. The smallest absolute Gasteiger partial charge is 0.269 e. The van der Waals surface area contributed by atoms with Crippen LogP contribution in [0.25, 0.3) is 0 Å². The van der Waals surface area contributed by atoms with E-state index in [1.165, 1.54) is 24.3 Å². The summed E-state index contributed by atoms with van der Waals surface area (Å²) in [5, 5.41) is 10.5. The van der Waals surface area contributed by atoms with Gasteiger partial charge in [-0.1, -0.05) is 0 Å². The van der Waals surface area contributed by atoms with Gasteiger partial charge in [0.15, 0.2) is 0 Å². The normalized spacial score (nSPS) is 19.5. The van der Waals surface area contributed by atoms with Crippen molar-refractivity contribution in [2.45, 2.75) is 23.8 Å². The maximum absolute atomic E-state index is 11.9. The second-order valence-corrected chi connectivity index (χ2v) is 6.00. The maximum atomic E-state index is 11.9. The minimum absolute atomic E-state index is 0.0103. The monoisotopic (exact) mass is 286 g/mol. The Morgan fingerprint density at radius 2 is 2.05 bits per heavy atom. The van der Waals surface area contributed by atoms with Crippen molar-refractivity contribution in [1.29, 1.82) is 0 Å². The molecule has 1 N–H and O–H groups in total. The standard InChI is InChI=1S/C11H14N2O5S/c14-13(15)9-3-5-11(6-4-9)19(16,17)12-8-10-2-1-7-18-10/h3-6,10,12H,1-2,7-8H2/t10-/m0/s1.